The summed E-state index contributed by atoms with van der Waals surface area (Å²) in [5.74, 6) is 1.39. The van der Waals surface area contributed by atoms with Gasteiger partial charge in [0.2, 0.25) is 5.91 Å². The van der Waals surface area contributed by atoms with Gasteiger partial charge in [0.25, 0.3) is 0 Å². The number of nitrogens with zero attached hydrogens (tertiary/aromatic N) is 3. The maximum Gasteiger partial charge on any atom is 0.244 e. The van der Waals surface area contributed by atoms with Crippen molar-refractivity contribution >= 4 is 17.6 Å². The van der Waals surface area contributed by atoms with Crippen LogP contribution in [0.4, 0.5) is 0 Å². The van der Waals surface area contributed by atoms with Gasteiger partial charge in [-0.1, -0.05) is 24.3 Å². The van der Waals surface area contributed by atoms with E-state index in [1.807, 2.05) is 53.1 Å². The number of fused-ring (bicyclic) bond motifs is 1. The minimum Gasteiger partial charge on any atom is -0.496 e. The van der Waals surface area contributed by atoms with E-state index in [4.69, 9.17) is 4.74 Å². The van der Waals surface area contributed by atoms with Crippen LogP contribution in [0.25, 0.3) is 11.7 Å². The Bertz CT molecular complexity index is 870. The minimum absolute atomic E-state index is 0.158. The van der Waals surface area contributed by atoms with Crippen LogP contribution in [-0.4, -0.2) is 34.2 Å². The molecule has 0 saturated heterocycles. The number of hydrogen-bond donors (Lipinski definition) is 1. The lowest BCUT2D eigenvalue weighted by Gasteiger charge is -2.04. The van der Waals surface area contributed by atoms with Crippen molar-refractivity contribution in [3.05, 3.63) is 66.1 Å². The Balaban J connectivity index is 1.55. The van der Waals surface area contributed by atoms with Crippen molar-refractivity contribution in [2.45, 2.75) is 6.42 Å². The molecule has 0 fully saturated rings. The van der Waals surface area contributed by atoms with Crippen LogP contribution >= 0.6 is 0 Å². The van der Waals surface area contributed by atoms with E-state index in [0.29, 0.717) is 13.0 Å². The van der Waals surface area contributed by atoms with E-state index in [-0.39, 0.29) is 5.91 Å². The summed E-state index contributed by atoms with van der Waals surface area (Å²) in [6.07, 6.45) is 5.76. The summed E-state index contributed by atoms with van der Waals surface area (Å²) in [5, 5.41) is 11.1. The summed E-state index contributed by atoms with van der Waals surface area (Å²) >= 11 is 0. The van der Waals surface area contributed by atoms with E-state index in [0.717, 1.165) is 22.8 Å². The standard InChI is InChI=1S/C18H18N4O2/c1-24-15-7-3-2-6-14(15)9-10-18(23)19-12-11-17-21-20-16-8-4-5-13-22(16)17/h2-10,13H,11-12H2,1H3,(H,19,23)/b10-9+. The van der Waals surface area contributed by atoms with Crippen LogP contribution in [0, 0.1) is 0 Å². The number of ether oxygens (including phenoxy) is 1. The highest BCUT2D eigenvalue weighted by atomic mass is 16.5. The average Bonchev–Trinajstić information content (AvgIpc) is 3.03. The summed E-state index contributed by atoms with van der Waals surface area (Å²) in [5.41, 5.74) is 1.66. The van der Waals surface area contributed by atoms with Crippen LogP contribution in [0.3, 0.4) is 0 Å². The SMILES string of the molecule is COc1ccccc1/C=C/C(=O)NCCc1nnc2ccccn12. The van der Waals surface area contributed by atoms with Gasteiger partial charge >= 0.3 is 0 Å². The molecular weight excluding hydrogens is 304 g/mol. The number of benzene rings is 1. The summed E-state index contributed by atoms with van der Waals surface area (Å²) in [6, 6.07) is 13.3. The van der Waals surface area contributed by atoms with Crippen molar-refractivity contribution in [2.75, 3.05) is 13.7 Å². The zero-order chi connectivity index (χ0) is 16.8. The third kappa shape index (κ3) is 3.60. The maximum atomic E-state index is 11.9. The molecule has 3 aromatic rings. The Morgan fingerprint density at radius 3 is 2.92 bits per heavy atom. The Kier molecular flexibility index (Phi) is 4.86. The second-order valence-electron chi connectivity index (χ2n) is 5.16. The van der Waals surface area contributed by atoms with Gasteiger partial charge in [-0.25, -0.2) is 0 Å². The molecule has 1 aromatic carbocycles. The Morgan fingerprint density at radius 2 is 2.04 bits per heavy atom. The van der Waals surface area contributed by atoms with E-state index in [9.17, 15) is 4.79 Å². The highest BCUT2D eigenvalue weighted by molar-refractivity contribution is 5.92. The molecule has 0 bridgehead atoms. The number of carbonyl (C=O) groups excluding carboxylic acids is 1. The second-order valence-corrected chi connectivity index (χ2v) is 5.16. The molecule has 3 rings (SSSR count). The maximum absolute atomic E-state index is 11.9. The number of para-hydroxylation sites is 1. The first-order valence-corrected chi connectivity index (χ1v) is 7.65. The van der Waals surface area contributed by atoms with Gasteiger partial charge in [0.1, 0.15) is 11.6 Å². The van der Waals surface area contributed by atoms with Crippen LogP contribution in [0.1, 0.15) is 11.4 Å². The smallest absolute Gasteiger partial charge is 0.244 e. The van der Waals surface area contributed by atoms with Crippen molar-refractivity contribution < 1.29 is 9.53 Å². The minimum atomic E-state index is -0.158. The summed E-state index contributed by atoms with van der Waals surface area (Å²) in [4.78, 5) is 11.9. The monoisotopic (exact) mass is 322 g/mol. The van der Waals surface area contributed by atoms with Gasteiger partial charge in [-0.15, -0.1) is 10.2 Å². The molecule has 0 aliphatic carbocycles. The van der Waals surface area contributed by atoms with E-state index in [2.05, 4.69) is 15.5 Å². The van der Waals surface area contributed by atoms with Gasteiger partial charge in [-0.2, -0.15) is 0 Å². The van der Waals surface area contributed by atoms with Gasteiger partial charge in [0, 0.05) is 30.8 Å². The Morgan fingerprint density at radius 1 is 1.21 bits per heavy atom. The van der Waals surface area contributed by atoms with Gasteiger partial charge in [-0.3, -0.25) is 9.20 Å². The summed E-state index contributed by atoms with van der Waals surface area (Å²) in [6.45, 7) is 0.491. The Hall–Kier alpha value is -3.15. The lowest BCUT2D eigenvalue weighted by molar-refractivity contribution is -0.116. The van der Waals surface area contributed by atoms with E-state index in [1.54, 1.807) is 13.2 Å². The van der Waals surface area contributed by atoms with Crippen LogP contribution < -0.4 is 10.1 Å². The van der Waals surface area contributed by atoms with Crippen molar-refractivity contribution in [3.63, 3.8) is 0 Å². The predicted octanol–water partition coefficient (Wildman–Crippen LogP) is 2.11. The molecule has 2 aromatic heterocycles. The number of carbonyl (C=O) groups is 1. The molecule has 0 unspecified atom stereocenters. The molecule has 0 aliphatic heterocycles. The lowest BCUT2D eigenvalue weighted by atomic mass is 10.2. The van der Waals surface area contributed by atoms with Crippen molar-refractivity contribution in [1.29, 1.82) is 0 Å². The number of hydrogen-bond acceptors (Lipinski definition) is 4. The lowest BCUT2D eigenvalue weighted by Crippen LogP contribution is -2.24. The number of aromatic nitrogens is 3. The Labute approximate surface area is 139 Å². The normalized spacial score (nSPS) is 11.0. The molecule has 6 heteroatoms. The van der Waals surface area contributed by atoms with Crippen LogP contribution in [0.2, 0.25) is 0 Å². The third-order valence-corrected chi connectivity index (χ3v) is 3.59. The molecule has 1 amide bonds. The fourth-order valence-electron chi connectivity index (χ4n) is 2.39. The van der Waals surface area contributed by atoms with Gasteiger partial charge in [0.05, 0.1) is 7.11 Å². The molecule has 6 nitrogen and oxygen atoms in total. The predicted molar refractivity (Wildman–Crippen MR) is 91.7 cm³/mol. The zero-order valence-corrected chi connectivity index (χ0v) is 13.3. The molecule has 0 spiro atoms. The first-order chi connectivity index (χ1) is 11.8. The number of methoxy groups -OCH3 is 1. The first kappa shape index (κ1) is 15.7. The number of amides is 1. The average molecular weight is 322 g/mol. The molecule has 0 radical (unpaired) electrons. The van der Waals surface area contributed by atoms with Gasteiger partial charge < -0.3 is 10.1 Å². The van der Waals surface area contributed by atoms with E-state index >= 15 is 0 Å². The molecule has 0 saturated carbocycles. The zero-order valence-electron chi connectivity index (χ0n) is 13.3. The van der Waals surface area contributed by atoms with Gasteiger partial charge in [-0.05, 0) is 24.3 Å². The van der Waals surface area contributed by atoms with Crippen LogP contribution in [0.15, 0.2) is 54.7 Å². The molecule has 0 atom stereocenters. The highest BCUT2D eigenvalue weighted by Gasteiger charge is 2.05. The van der Waals surface area contributed by atoms with Crippen molar-refractivity contribution in [1.82, 2.24) is 19.9 Å². The largest absolute Gasteiger partial charge is 0.496 e. The molecule has 24 heavy (non-hydrogen) atoms. The number of pyridine rings is 1. The molecular formula is C18H18N4O2. The molecule has 1 N–H and O–H groups in total. The number of nitrogens with one attached hydrogen (secondary N) is 1. The molecule has 122 valence electrons. The molecule has 0 aliphatic rings. The van der Waals surface area contributed by atoms with Crippen molar-refractivity contribution in [3.8, 4) is 5.75 Å². The third-order valence-electron chi connectivity index (χ3n) is 3.59. The summed E-state index contributed by atoms with van der Waals surface area (Å²) in [7, 11) is 1.61. The molecule has 2 heterocycles. The first-order valence-electron chi connectivity index (χ1n) is 7.65. The topological polar surface area (TPSA) is 68.5 Å². The van der Waals surface area contributed by atoms with Crippen LogP contribution in [0.5, 0.6) is 5.75 Å². The fourth-order valence-corrected chi connectivity index (χ4v) is 2.39. The summed E-state index contributed by atoms with van der Waals surface area (Å²) < 4.78 is 7.16. The van der Waals surface area contributed by atoms with E-state index < -0.39 is 0 Å². The quantitative estimate of drug-likeness (QED) is 0.706. The van der Waals surface area contributed by atoms with Crippen molar-refractivity contribution in [2.24, 2.45) is 0 Å². The van der Waals surface area contributed by atoms with Crippen LogP contribution in [-0.2, 0) is 11.2 Å². The second kappa shape index (κ2) is 7.41. The number of rotatable bonds is 6. The van der Waals surface area contributed by atoms with E-state index in [1.165, 1.54) is 6.08 Å². The van der Waals surface area contributed by atoms with Gasteiger partial charge in [0.15, 0.2) is 5.65 Å². The highest BCUT2D eigenvalue weighted by Crippen LogP contribution is 2.18. The fraction of sp³-hybridized carbons (Fsp3) is 0.167.